The minimum Gasteiger partial charge on any atom is -0.374 e. The van der Waals surface area contributed by atoms with E-state index in [0.29, 0.717) is 12.0 Å². The molecule has 118 valence electrons. The molecule has 2 rings (SSSR count). The van der Waals surface area contributed by atoms with Crippen molar-refractivity contribution in [1.29, 1.82) is 0 Å². The van der Waals surface area contributed by atoms with Crippen molar-refractivity contribution in [2.24, 2.45) is 0 Å². The molecule has 2 nitrogen and oxygen atoms in total. The van der Waals surface area contributed by atoms with E-state index < -0.39 is 5.82 Å². The van der Waals surface area contributed by atoms with Gasteiger partial charge in [0.2, 0.25) is 0 Å². The lowest BCUT2D eigenvalue weighted by atomic mass is 9.84. The van der Waals surface area contributed by atoms with Crippen LogP contribution in [0.3, 0.4) is 0 Å². The molecule has 1 heterocycles. The Kier molecular flexibility index (Phi) is 5.71. The first-order chi connectivity index (χ1) is 10.0. The maximum absolute atomic E-state index is 13.9. The molecule has 1 N–H and O–H groups in total. The number of benzene rings is 1. The summed E-state index contributed by atoms with van der Waals surface area (Å²) in [6, 6.07) is 3.65. The zero-order chi connectivity index (χ0) is 15.3. The zero-order valence-corrected chi connectivity index (χ0v) is 12.9. The van der Waals surface area contributed by atoms with E-state index in [0.717, 1.165) is 44.9 Å². The van der Waals surface area contributed by atoms with Gasteiger partial charge in [-0.05, 0) is 69.3 Å². The van der Waals surface area contributed by atoms with Crippen LogP contribution in [0, 0.1) is 11.6 Å². The van der Waals surface area contributed by atoms with Gasteiger partial charge < -0.3 is 10.1 Å². The summed E-state index contributed by atoms with van der Waals surface area (Å²) in [5, 5.41) is 3.46. The molecule has 1 aromatic rings. The molecule has 4 heteroatoms. The fourth-order valence-corrected chi connectivity index (χ4v) is 2.97. The van der Waals surface area contributed by atoms with Crippen molar-refractivity contribution in [2.75, 3.05) is 13.2 Å². The van der Waals surface area contributed by atoms with Crippen LogP contribution in [-0.4, -0.2) is 24.8 Å². The number of ether oxygens (including phenoxy) is 1. The average Bonchev–Trinajstić information content (AvgIpc) is 2.47. The van der Waals surface area contributed by atoms with Gasteiger partial charge in [-0.2, -0.15) is 0 Å². The van der Waals surface area contributed by atoms with Gasteiger partial charge in [0.1, 0.15) is 11.6 Å². The predicted molar refractivity (Wildman–Crippen MR) is 80.4 cm³/mol. The topological polar surface area (TPSA) is 21.3 Å². The van der Waals surface area contributed by atoms with Crippen molar-refractivity contribution in [3.05, 3.63) is 35.4 Å². The zero-order valence-electron chi connectivity index (χ0n) is 12.9. The summed E-state index contributed by atoms with van der Waals surface area (Å²) in [7, 11) is 0. The van der Waals surface area contributed by atoms with Crippen LogP contribution in [0.5, 0.6) is 0 Å². The molecule has 1 saturated heterocycles. The Morgan fingerprint density at radius 3 is 2.81 bits per heavy atom. The second kappa shape index (κ2) is 7.32. The van der Waals surface area contributed by atoms with E-state index in [1.165, 1.54) is 12.1 Å². The van der Waals surface area contributed by atoms with Crippen LogP contribution < -0.4 is 5.32 Å². The highest BCUT2D eigenvalue weighted by Gasteiger charge is 2.36. The quantitative estimate of drug-likeness (QED) is 0.861. The molecule has 1 aliphatic heterocycles. The Hall–Kier alpha value is -1.00. The number of halogens is 2. The number of hydrogen-bond acceptors (Lipinski definition) is 2. The molecule has 0 bridgehead atoms. The monoisotopic (exact) mass is 297 g/mol. The second-order valence-corrected chi connectivity index (χ2v) is 6.06. The summed E-state index contributed by atoms with van der Waals surface area (Å²) in [5.74, 6) is -0.741. The Morgan fingerprint density at radius 2 is 2.14 bits per heavy atom. The van der Waals surface area contributed by atoms with Crippen LogP contribution in [0.25, 0.3) is 0 Å². The van der Waals surface area contributed by atoms with E-state index >= 15 is 0 Å². The van der Waals surface area contributed by atoms with E-state index in [2.05, 4.69) is 19.2 Å². The second-order valence-electron chi connectivity index (χ2n) is 6.06. The highest BCUT2D eigenvalue weighted by Crippen LogP contribution is 2.30. The van der Waals surface area contributed by atoms with Gasteiger partial charge >= 0.3 is 0 Å². The molecule has 0 saturated carbocycles. The van der Waals surface area contributed by atoms with Crippen molar-refractivity contribution in [3.8, 4) is 0 Å². The van der Waals surface area contributed by atoms with Gasteiger partial charge in [0.25, 0.3) is 0 Å². The molecule has 2 unspecified atom stereocenters. The van der Waals surface area contributed by atoms with Crippen molar-refractivity contribution >= 4 is 0 Å². The fourth-order valence-electron chi connectivity index (χ4n) is 2.97. The van der Waals surface area contributed by atoms with Gasteiger partial charge in [0, 0.05) is 12.6 Å². The molecule has 1 aliphatic rings. The lowest BCUT2D eigenvalue weighted by Gasteiger charge is -2.41. The van der Waals surface area contributed by atoms with Gasteiger partial charge in [-0.1, -0.05) is 6.92 Å². The Morgan fingerprint density at radius 1 is 1.33 bits per heavy atom. The van der Waals surface area contributed by atoms with Crippen molar-refractivity contribution in [1.82, 2.24) is 5.32 Å². The third-order valence-electron chi connectivity index (χ3n) is 4.31. The maximum atomic E-state index is 13.9. The van der Waals surface area contributed by atoms with Crippen LogP contribution in [0.4, 0.5) is 8.78 Å². The van der Waals surface area contributed by atoms with Crippen molar-refractivity contribution < 1.29 is 13.5 Å². The van der Waals surface area contributed by atoms with Crippen LogP contribution in [0.1, 0.15) is 45.1 Å². The van der Waals surface area contributed by atoms with E-state index in [-0.39, 0.29) is 17.5 Å². The number of rotatable bonds is 6. The molecule has 2 atom stereocenters. The first-order valence-corrected chi connectivity index (χ1v) is 7.86. The smallest absolute Gasteiger partial charge is 0.126 e. The maximum Gasteiger partial charge on any atom is 0.126 e. The van der Waals surface area contributed by atoms with Crippen LogP contribution in [0.15, 0.2) is 18.2 Å². The molecule has 0 radical (unpaired) electrons. The third kappa shape index (κ3) is 4.24. The van der Waals surface area contributed by atoms with Crippen LogP contribution in [0.2, 0.25) is 0 Å². The standard InChI is InChI=1S/C17H25F2NO/c1-3-9-20-16(17(2)8-4-5-10-21-17)12-13-11-14(18)6-7-15(13)19/h6-7,11,16,20H,3-5,8-10,12H2,1-2H3. The molecule has 1 aromatic carbocycles. The Labute approximate surface area is 125 Å². The molecule has 0 spiro atoms. The highest BCUT2D eigenvalue weighted by molar-refractivity contribution is 5.21. The van der Waals surface area contributed by atoms with Gasteiger partial charge in [-0.15, -0.1) is 0 Å². The SMILES string of the molecule is CCCNC(Cc1cc(F)ccc1F)C1(C)CCCCO1. The molecule has 1 fully saturated rings. The largest absolute Gasteiger partial charge is 0.374 e. The molecule has 0 amide bonds. The fraction of sp³-hybridized carbons (Fsp3) is 0.647. The summed E-state index contributed by atoms with van der Waals surface area (Å²) in [6.07, 6.45) is 4.58. The van der Waals surface area contributed by atoms with E-state index in [1.807, 2.05) is 0 Å². The molecule has 0 aliphatic carbocycles. The summed E-state index contributed by atoms with van der Waals surface area (Å²) < 4.78 is 33.3. The van der Waals surface area contributed by atoms with E-state index in [9.17, 15) is 8.78 Å². The lowest BCUT2D eigenvalue weighted by molar-refractivity contribution is -0.0884. The summed E-state index contributed by atoms with van der Waals surface area (Å²) in [5.41, 5.74) is 0.102. The minimum atomic E-state index is -0.393. The lowest BCUT2D eigenvalue weighted by Crippen LogP contribution is -2.53. The molecular weight excluding hydrogens is 272 g/mol. The first-order valence-electron chi connectivity index (χ1n) is 7.86. The summed E-state index contributed by atoms with van der Waals surface area (Å²) >= 11 is 0. The van der Waals surface area contributed by atoms with Gasteiger partial charge in [-0.3, -0.25) is 0 Å². The Balaban J connectivity index is 2.17. The average molecular weight is 297 g/mol. The van der Waals surface area contributed by atoms with Crippen LogP contribution in [-0.2, 0) is 11.2 Å². The Bertz CT molecular complexity index is 458. The normalized spacial score (nSPS) is 24.0. The number of nitrogens with one attached hydrogen (secondary N) is 1. The number of hydrogen-bond donors (Lipinski definition) is 1. The minimum absolute atomic E-state index is 0.00551. The third-order valence-corrected chi connectivity index (χ3v) is 4.31. The predicted octanol–water partition coefficient (Wildman–Crippen LogP) is 3.83. The van der Waals surface area contributed by atoms with Crippen molar-refractivity contribution in [3.63, 3.8) is 0 Å². The molecule has 0 aromatic heterocycles. The van der Waals surface area contributed by atoms with Gasteiger partial charge in [-0.25, -0.2) is 8.78 Å². The first kappa shape index (κ1) is 16.4. The van der Waals surface area contributed by atoms with Gasteiger partial charge in [0.05, 0.1) is 5.60 Å². The molecule has 21 heavy (non-hydrogen) atoms. The van der Waals surface area contributed by atoms with Crippen molar-refractivity contribution in [2.45, 2.75) is 57.6 Å². The molecular formula is C17H25F2NO. The van der Waals surface area contributed by atoms with E-state index in [4.69, 9.17) is 4.74 Å². The van der Waals surface area contributed by atoms with E-state index in [1.54, 1.807) is 0 Å². The highest BCUT2D eigenvalue weighted by atomic mass is 19.1. The van der Waals surface area contributed by atoms with Crippen LogP contribution >= 0.6 is 0 Å². The summed E-state index contributed by atoms with van der Waals surface area (Å²) in [4.78, 5) is 0. The summed E-state index contributed by atoms with van der Waals surface area (Å²) in [6.45, 7) is 5.76. The van der Waals surface area contributed by atoms with Gasteiger partial charge in [0.15, 0.2) is 0 Å².